The Morgan fingerprint density at radius 1 is 1.11 bits per heavy atom. The number of hydrogen-bond acceptors (Lipinski definition) is 4. The normalized spacial score (nSPS) is 24.1. The second kappa shape index (κ2) is 7.10. The minimum absolute atomic E-state index is 0.0463. The van der Waals surface area contributed by atoms with Crippen LogP contribution in [0.5, 0.6) is 0 Å². The Balaban J connectivity index is 0.000000250. The lowest BCUT2D eigenvalue weighted by atomic mass is 10.2. The van der Waals surface area contributed by atoms with Gasteiger partial charge in [0, 0.05) is 13.1 Å². The van der Waals surface area contributed by atoms with Gasteiger partial charge in [-0.3, -0.25) is 0 Å². The number of aliphatic hydroxyl groups is 2. The molecule has 1 heterocycles. The first-order chi connectivity index (χ1) is 8.78. The highest BCUT2D eigenvalue weighted by atomic mass is 16.6. The zero-order valence-electron chi connectivity index (χ0n) is 12.3. The second-order valence-corrected chi connectivity index (χ2v) is 6.31. The molecule has 2 rings (SSSR count). The average molecular weight is 273 g/mol. The number of aliphatic hydroxyl groups excluding tert-OH is 2. The van der Waals surface area contributed by atoms with E-state index in [0.29, 0.717) is 19.5 Å². The van der Waals surface area contributed by atoms with Gasteiger partial charge in [0.25, 0.3) is 0 Å². The van der Waals surface area contributed by atoms with Crippen molar-refractivity contribution in [2.75, 3.05) is 13.1 Å². The molecular formula is C14H27NO4. The lowest BCUT2D eigenvalue weighted by molar-refractivity contribution is 0.0270. The van der Waals surface area contributed by atoms with Crippen LogP contribution in [0.25, 0.3) is 0 Å². The van der Waals surface area contributed by atoms with Crippen LogP contribution < -0.4 is 0 Å². The van der Waals surface area contributed by atoms with E-state index in [1.54, 1.807) is 0 Å². The van der Waals surface area contributed by atoms with Gasteiger partial charge in [-0.2, -0.15) is 0 Å². The van der Waals surface area contributed by atoms with Crippen LogP contribution in [-0.4, -0.2) is 52.1 Å². The molecule has 1 unspecified atom stereocenters. The zero-order valence-corrected chi connectivity index (χ0v) is 12.3. The predicted molar refractivity (Wildman–Crippen MR) is 72.9 cm³/mol. The lowest BCUT2D eigenvalue weighted by Crippen LogP contribution is -2.35. The molecule has 112 valence electrons. The van der Waals surface area contributed by atoms with Crippen LogP contribution in [0.3, 0.4) is 0 Å². The van der Waals surface area contributed by atoms with Crippen molar-refractivity contribution >= 4 is 6.09 Å². The van der Waals surface area contributed by atoms with Gasteiger partial charge in [0.15, 0.2) is 0 Å². The van der Waals surface area contributed by atoms with Crippen molar-refractivity contribution in [1.29, 1.82) is 0 Å². The molecule has 0 bridgehead atoms. The highest BCUT2D eigenvalue weighted by Crippen LogP contribution is 2.16. The van der Waals surface area contributed by atoms with E-state index in [2.05, 4.69) is 0 Å². The Hall–Kier alpha value is -0.810. The second-order valence-electron chi connectivity index (χ2n) is 6.31. The Kier molecular flexibility index (Phi) is 6.07. The Morgan fingerprint density at radius 3 is 2.00 bits per heavy atom. The van der Waals surface area contributed by atoms with E-state index in [1.165, 1.54) is 17.7 Å². The Morgan fingerprint density at radius 2 is 1.68 bits per heavy atom. The summed E-state index contributed by atoms with van der Waals surface area (Å²) in [6.07, 6.45) is 4.54. The van der Waals surface area contributed by atoms with E-state index in [1.807, 2.05) is 20.8 Å². The molecule has 0 radical (unpaired) electrons. The molecule has 2 N–H and O–H groups in total. The van der Waals surface area contributed by atoms with Gasteiger partial charge in [-0.25, -0.2) is 4.79 Å². The summed E-state index contributed by atoms with van der Waals surface area (Å²) in [6, 6.07) is 0. The van der Waals surface area contributed by atoms with Crippen molar-refractivity contribution in [3.05, 3.63) is 0 Å². The quantitative estimate of drug-likeness (QED) is 0.707. The summed E-state index contributed by atoms with van der Waals surface area (Å²) in [4.78, 5) is 12.9. The maximum atomic E-state index is 11.4. The smallest absolute Gasteiger partial charge is 0.410 e. The summed E-state index contributed by atoms with van der Waals surface area (Å²) in [6.45, 7) is 6.48. The first kappa shape index (κ1) is 16.2. The largest absolute Gasteiger partial charge is 0.444 e. The van der Waals surface area contributed by atoms with E-state index in [9.17, 15) is 9.90 Å². The van der Waals surface area contributed by atoms with Crippen molar-refractivity contribution in [1.82, 2.24) is 4.90 Å². The van der Waals surface area contributed by atoms with Gasteiger partial charge in [-0.15, -0.1) is 0 Å². The van der Waals surface area contributed by atoms with Crippen LogP contribution in [0.1, 0.15) is 52.9 Å². The van der Waals surface area contributed by atoms with Gasteiger partial charge in [0.05, 0.1) is 12.2 Å². The first-order valence-electron chi connectivity index (χ1n) is 7.12. The van der Waals surface area contributed by atoms with Crippen molar-refractivity contribution in [3.63, 3.8) is 0 Å². The Labute approximate surface area is 115 Å². The van der Waals surface area contributed by atoms with Crippen LogP contribution in [0.15, 0.2) is 0 Å². The van der Waals surface area contributed by atoms with Gasteiger partial charge in [-0.1, -0.05) is 12.8 Å². The van der Waals surface area contributed by atoms with Crippen LogP contribution in [0.2, 0.25) is 0 Å². The number of likely N-dealkylation sites (tertiary alicyclic amines) is 1. The number of ether oxygens (including phenoxy) is 1. The standard InChI is InChI=1S/C9H17NO3.C5H10O/c1-9(2,3)13-8(12)10-5-4-7(11)6-10;6-5-3-1-2-4-5/h7,11H,4-6H2,1-3H3;5-6H,1-4H2. The third-order valence-electron chi connectivity index (χ3n) is 3.14. The maximum absolute atomic E-state index is 11.4. The van der Waals surface area contributed by atoms with Gasteiger partial charge < -0.3 is 19.8 Å². The predicted octanol–water partition coefficient (Wildman–Crippen LogP) is 1.91. The summed E-state index contributed by atoms with van der Waals surface area (Å²) in [5.41, 5.74) is -0.454. The fourth-order valence-electron chi connectivity index (χ4n) is 2.14. The summed E-state index contributed by atoms with van der Waals surface area (Å²) < 4.78 is 5.15. The number of nitrogens with zero attached hydrogens (tertiary/aromatic N) is 1. The number of amides is 1. The summed E-state index contributed by atoms with van der Waals surface area (Å²) in [5, 5.41) is 17.9. The molecule has 0 aromatic carbocycles. The van der Waals surface area contributed by atoms with E-state index < -0.39 is 5.60 Å². The van der Waals surface area contributed by atoms with Crippen molar-refractivity contribution in [3.8, 4) is 0 Å². The molecular weight excluding hydrogens is 246 g/mol. The topological polar surface area (TPSA) is 70.0 Å². The van der Waals surface area contributed by atoms with Crippen LogP contribution in [-0.2, 0) is 4.74 Å². The van der Waals surface area contributed by atoms with Crippen molar-refractivity contribution in [2.45, 2.75) is 70.7 Å². The molecule has 0 spiro atoms. The maximum Gasteiger partial charge on any atom is 0.410 e. The van der Waals surface area contributed by atoms with Crippen LogP contribution in [0, 0.1) is 0 Å². The molecule has 5 heteroatoms. The lowest BCUT2D eigenvalue weighted by Gasteiger charge is -2.24. The number of hydrogen-bond donors (Lipinski definition) is 2. The highest BCUT2D eigenvalue weighted by molar-refractivity contribution is 5.68. The molecule has 1 saturated carbocycles. The third-order valence-corrected chi connectivity index (χ3v) is 3.14. The molecule has 0 aromatic heterocycles. The number of β-amino-alcohol motifs (C(OH)–C–C–N with tert-alkyl or cyclic N) is 1. The van der Waals surface area contributed by atoms with Gasteiger partial charge in [0.1, 0.15) is 5.60 Å². The molecule has 5 nitrogen and oxygen atoms in total. The number of carbonyl (C=O) groups excluding carboxylic acids is 1. The van der Waals surface area contributed by atoms with Crippen LogP contribution >= 0.6 is 0 Å². The summed E-state index contributed by atoms with van der Waals surface area (Å²) in [7, 11) is 0. The number of carbonyl (C=O) groups is 1. The molecule has 2 aliphatic rings. The van der Waals surface area contributed by atoms with Crippen molar-refractivity contribution < 1.29 is 19.7 Å². The van der Waals surface area contributed by atoms with E-state index >= 15 is 0 Å². The minimum Gasteiger partial charge on any atom is -0.444 e. The molecule has 19 heavy (non-hydrogen) atoms. The monoisotopic (exact) mass is 273 g/mol. The molecule has 1 saturated heterocycles. The SMILES string of the molecule is CC(C)(C)OC(=O)N1CCC(O)C1.OC1CCCC1. The molecule has 1 atom stereocenters. The molecule has 0 aromatic rings. The van der Waals surface area contributed by atoms with Crippen molar-refractivity contribution in [2.24, 2.45) is 0 Å². The Bertz CT molecular complexity index is 282. The van der Waals surface area contributed by atoms with E-state index in [0.717, 1.165) is 12.8 Å². The third kappa shape index (κ3) is 6.78. The van der Waals surface area contributed by atoms with E-state index in [-0.39, 0.29) is 18.3 Å². The fraction of sp³-hybridized carbons (Fsp3) is 0.929. The summed E-state index contributed by atoms with van der Waals surface area (Å²) in [5.74, 6) is 0. The van der Waals surface area contributed by atoms with Crippen LogP contribution in [0.4, 0.5) is 4.79 Å². The molecule has 1 aliphatic carbocycles. The minimum atomic E-state index is -0.454. The number of rotatable bonds is 0. The summed E-state index contributed by atoms with van der Waals surface area (Å²) >= 11 is 0. The zero-order chi connectivity index (χ0) is 14.5. The molecule has 1 amide bonds. The molecule has 2 fully saturated rings. The molecule has 1 aliphatic heterocycles. The van der Waals surface area contributed by atoms with E-state index in [4.69, 9.17) is 9.84 Å². The fourth-order valence-corrected chi connectivity index (χ4v) is 2.14. The van der Waals surface area contributed by atoms with Gasteiger partial charge >= 0.3 is 6.09 Å². The van der Waals surface area contributed by atoms with Gasteiger partial charge in [-0.05, 0) is 40.0 Å². The average Bonchev–Trinajstić information content (AvgIpc) is 2.88. The highest BCUT2D eigenvalue weighted by Gasteiger charge is 2.28. The van der Waals surface area contributed by atoms with Gasteiger partial charge in [0.2, 0.25) is 0 Å². The first-order valence-corrected chi connectivity index (χ1v) is 7.12.